The van der Waals surface area contributed by atoms with Crippen LogP contribution in [0.15, 0.2) is 12.1 Å². The maximum absolute atomic E-state index is 11.7. The molecule has 18 heavy (non-hydrogen) atoms. The second-order valence-electron chi connectivity index (χ2n) is 3.71. The minimum absolute atomic E-state index is 0.0690. The lowest BCUT2D eigenvalue weighted by molar-refractivity contribution is 0.174. The van der Waals surface area contributed by atoms with Crippen LogP contribution in [0.5, 0.6) is 11.5 Å². The number of sulfonamides is 1. The van der Waals surface area contributed by atoms with Crippen molar-refractivity contribution in [1.82, 2.24) is 0 Å². The summed E-state index contributed by atoms with van der Waals surface area (Å²) < 4.78 is 35.9. The smallest absolute Gasteiger partial charge is 0.248 e. The monoisotopic (exact) mass is 269 g/mol. The average molecular weight is 269 g/mol. The summed E-state index contributed by atoms with van der Waals surface area (Å²) in [5.41, 5.74) is 6.07. The van der Waals surface area contributed by atoms with Crippen molar-refractivity contribution in [3.63, 3.8) is 0 Å². The number of nitriles is 1. The van der Waals surface area contributed by atoms with Gasteiger partial charge in [0.05, 0.1) is 17.4 Å². The number of benzene rings is 1. The standard InChI is InChI=1S/C10H11N3O4S/c1-6(4-11)18(14,15)13-8-3-10-9(2-7(8)12)16-5-17-10/h2-3,6,13H,5,12H2,1H3. The highest BCUT2D eigenvalue weighted by molar-refractivity contribution is 7.93. The molecule has 0 aromatic heterocycles. The molecule has 8 heteroatoms. The third-order valence-electron chi connectivity index (χ3n) is 2.44. The molecule has 1 atom stereocenters. The van der Waals surface area contributed by atoms with Crippen LogP contribution >= 0.6 is 0 Å². The fourth-order valence-corrected chi connectivity index (χ4v) is 2.16. The Morgan fingerprint density at radius 3 is 2.67 bits per heavy atom. The van der Waals surface area contributed by atoms with Gasteiger partial charge in [0.15, 0.2) is 16.7 Å². The van der Waals surface area contributed by atoms with Gasteiger partial charge >= 0.3 is 0 Å². The molecule has 1 aromatic rings. The highest BCUT2D eigenvalue weighted by atomic mass is 32.2. The van der Waals surface area contributed by atoms with Crippen LogP contribution in [0.4, 0.5) is 11.4 Å². The van der Waals surface area contributed by atoms with E-state index in [2.05, 4.69) is 4.72 Å². The predicted octanol–water partition coefficient (Wildman–Crippen LogP) is 0.651. The number of rotatable bonds is 3. The van der Waals surface area contributed by atoms with Gasteiger partial charge in [0.2, 0.25) is 16.8 Å². The first-order chi connectivity index (χ1) is 8.44. The Kier molecular flexibility index (Phi) is 2.92. The van der Waals surface area contributed by atoms with Crippen molar-refractivity contribution in [3.05, 3.63) is 12.1 Å². The summed E-state index contributed by atoms with van der Waals surface area (Å²) in [7, 11) is -3.79. The molecule has 1 aromatic carbocycles. The molecule has 0 spiro atoms. The first-order valence-electron chi connectivity index (χ1n) is 5.04. The summed E-state index contributed by atoms with van der Waals surface area (Å²) in [5.74, 6) is 0.871. The summed E-state index contributed by atoms with van der Waals surface area (Å²) >= 11 is 0. The normalized spacial score (nSPS) is 14.9. The van der Waals surface area contributed by atoms with Gasteiger partial charge in [-0.2, -0.15) is 5.26 Å². The van der Waals surface area contributed by atoms with Crippen molar-refractivity contribution in [1.29, 1.82) is 5.26 Å². The minimum Gasteiger partial charge on any atom is -0.454 e. The topological polar surface area (TPSA) is 114 Å². The number of ether oxygens (including phenoxy) is 2. The lowest BCUT2D eigenvalue weighted by Gasteiger charge is -2.12. The fourth-order valence-electron chi connectivity index (χ4n) is 1.36. The number of nitrogens with two attached hydrogens (primary N) is 1. The Morgan fingerprint density at radius 2 is 2.06 bits per heavy atom. The SMILES string of the molecule is CC(C#N)S(=O)(=O)Nc1cc2c(cc1N)OCO2. The third kappa shape index (κ3) is 2.12. The van der Waals surface area contributed by atoms with E-state index in [1.54, 1.807) is 6.07 Å². The summed E-state index contributed by atoms with van der Waals surface area (Å²) in [6.45, 7) is 1.35. The third-order valence-corrected chi connectivity index (χ3v) is 3.98. The van der Waals surface area contributed by atoms with Crippen molar-refractivity contribution >= 4 is 21.4 Å². The Balaban J connectivity index is 2.34. The van der Waals surface area contributed by atoms with Crippen LogP contribution in [0.3, 0.4) is 0 Å². The van der Waals surface area contributed by atoms with E-state index in [1.807, 2.05) is 0 Å². The number of anilines is 2. The average Bonchev–Trinajstić information content (AvgIpc) is 2.75. The molecule has 0 aliphatic carbocycles. The van der Waals surface area contributed by atoms with Crippen molar-refractivity contribution in [3.8, 4) is 17.6 Å². The van der Waals surface area contributed by atoms with Crippen LogP contribution in [-0.2, 0) is 10.0 Å². The molecule has 1 unspecified atom stereocenters. The Labute approximate surface area is 104 Å². The highest BCUT2D eigenvalue weighted by Crippen LogP contribution is 2.38. The van der Waals surface area contributed by atoms with Gasteiger partial charge in [0, 0.05) is 12.1 Å². The maximum Gasteiger partial charge on any atom is 0.248 e. The van der Waals surface area contributed by atoms with Crippen LogP contribution in [0.25, 0.3) is 0 Å². The van der Waals surface area contributed by atoms with Crippen molar-refractivity contribution in [2.24, 2.45) is 0 Å². The van der Waals surface area contributed by atoms with E-state index >= 15 is 0 Å². The molecule has 1 aliphatic rings. The van der Waals surface area contributed by atoms with Gasteiger partial charge in [-0.3, -0.25) is 4.72 Å². The van der Waals surface area contributed by atoms with Crippen LogP contribution in [0.1, 0.15) is 6.92 Å². The lowest BCUT2D eigenvalue weighted by atomic mass is 10.2. The van der Waals surface area contributed by atoms with Crippen molar-refractivity contribution < 1.29 is 17.9 Å². The van der Waals surface area contributed by atoms with Gasteiger partial charge in [-0.15, -0.1) is 0 Å². The predicted molar refractivity (Wildman–Crippen MR) is 64.6 cm³/mol. The zero-order valence-corrected chi connectivity index (χ0v) is 10.3. The molecule has 96 valence electrons. The number of nitrogen functional groups attached to an aromatic ring is 1. The molecular formula is C10H11N3O4S. The van der Waals surface area contributed by atoms with Crippen LogP contribution < -0.4 is 19.9 Å². The molecule has 1 aliphatic heterocycles. The number of hydrogen-bond acceptors (Lipinski definition) is 6. The minimum atomic E-state index is -3.79. The number of fused-ring (bicyclic) bond motifs is 1. The zero-order valence-electron chi connectivity index (χ0n) is 9.50. The molecule has 0 bridgehead atoms. The quantitative estimate of drug-likeness (QED) is 0.779. The van der Waals surface area contributed by atoms with E-state index in [-0.39, 0.29) is 18.2 Å². The highest BCUT2D eigenvalue weighted by Gasteiger charge is 2.23. The Morgan fingerprint density at radius 1 is 1.44 bits per heavy atom. The maximum atomic E-state index is 11.7. The molecule has 2 rings (SSSR count). The Hall–Kier alpha value is -2.14. The lowest BCUT2D eigenvalue weighted by Crippen LogP contribution is -2.24. The van der Waals surface area contributed by atoms with Gasteiger partial charge in [-0.25, -0.2) is 8.42 Å². The molecule has 3 N–H and O–H groups in total. The summed E-state index contributed by atoms with van der Waals surface area (Å²) in [4.78, 5) is 0. The second kappa shape index (κ2) is 4.27. The van der Waals surface area contributed by atoms with Crippen molar-refractivity contribution in [2.45, 2.75) is 12.2 Å². The number of nitrogens with zero attached hydrogens (tertiary/aromatic N) is 1. The van der Waals surface area contributed by atoms with Gasteiger partial charge in [0.25, 0.3) is 0 Å². The molecule has 0 fully saturated rings. The fraction of sp³-hybridized carbons (Fsp3) is 0.300. The molecule has 7 nitrogen and oxygen atoms in total. The van der Waals surface area contributed by atoms with E-state index in [1.165, 1.54) is 19.1 Å². The van der Waals surface area contributed by atoms with Gasteiger partial charge in [-0.05, 0) is 6.92 Å². The van der Waals surface area contributed by atoms with Crippen LogP contribution in [-0.4, -0.2) is 20.5 Å². The van der Waals surface area contributed by atoms with Gasteiger partial charge in [-0.1, -0.05) is 0 Å². The van der Waals surface area contributed by atoms with E-state index in [9.17, 15) is 8.42 Å². The summed E-state index contributed by atoms with van der Waals surface area (Å²) in [6, 6.07) is 4.55. The van der Waals surface area contributed by atoms with Gasteiger partial charge in [0.1, 0.15) is 0 Å². The van der Waals surface area contributed by atoms with E-state index in [4.69, 9.17) is 20.5 Å². The van der Waals surface area contributed by atoms with Crippen LogP contribution in [0.2, 0.25) is 0 Å². The molecule has 0 saturated carbocycles. The first kappa shape index (κ1) is 12.3. The van der Waals surface area contributed by atoms with E-state index < -0.39 is 15.3 Å². The number of hydrogen-bond donors (Lipinski definition) is 2. The first-order valence-corrected chi connectivity index (χ1v) is 6.59. The van der Waals surface area contributed by atoms with Crippen molar-refractivity contribution in [2.75, 3.05) is 17.2 Å². The summed E-state index contributed by atoms with van der Waals surface area (Å²) in [6.07, 6.45) is 0. The van der Waals surface area contributed by atoms with Crippen LogP contribution in [0, 0.1) is 11.3 Å². The second-order valence-corrected chi connectivity index (χ2v) is 5.71. The Bertz CT molecular complexity index is 621. The van der Waals surface area contributed by atoms with Gasteiger partial charge < -0.3 is 15.2 Å². The number of nitrogens with one attached hydrogen (secondary N) is 1. The van der Waals surface area contributed by atoms with E-state index in [0.29, 0.717) is 11.5 Å². The molecule has 0 radical (unpaired) electrons. The largest absolute Gasteiger partial charge is 0.454 e. The zero-order chi connectivity index (χ0) is 13.3. The molecular weight excluding hydrogens is 258 g/mol. The molecule has 1 heterocycles. The summed E-state index contributed by atoms with van der Waals surface area (Å²) in [5, 5.41) is 7.45. The molecule has 0 saturated heterocycles. The van der Waals surface area contributed by atoms with E-state index in [0.717, 1.165) is 0 Å². The molecule has 0 amide bonds.